The Hall–Kier alpha value is -3.60. The Balaban J connectivity index is 1.48. The molecule has 0 saturated carbocycles. The molecular weight excluding hydrogens is 358 g/mol. The lowest BCUT2D eigenvalue weighted by Gasteiger charge is -2.11. The topological polar surface area (TPSA) is 47.7 Å². The second-order valence-corrected chi connectivity index (χ2v) is 7.43. The van der Waals surface area contributed by atoms with Gasteiger partial charge in [-0.2, -0.15) is 0 Å². The highest BCUT2D eigenvalue weighted by atomic mass is 15.2. The zero-order chi connectivity index (χ0) is 19.8. The Kier molecular flexibility index (Phi) is 4.28. The number of anilines is 1. The quantitative estimate of drug-likeness (QED) is 0.471. The number of para-hydroxylation sites is 4. The van der Waals surface area contributed by atoms with Gasteiger partial charge in [0, 0.05) is 7.05 Å². The molecule has 0 atom stereocenters. The van der Waals surface area contributed by atoms with Crippen molar-refractivity contribution in [2.24, 2.45) is 7.05 Å². The van der Waals surface area contributed by atoms with Gasteiger partial charge in [0.2, 0.25) is 5.95 Å². The maximum Gasteiger partial charge on any atom is 0.204 e. The minimum Gasteiger partial charge on any atom is -0.348 e. The summed E-state index contributed by atoms with van der Waals surface area (Å²) in [6, 6.07) is 25.1. The van der Waals surface area contributed by atoms with Crippen LogP contribution in [-0.2, 0) is 20.1 Å². The summed E-state index contributed by atoms with van der Waals surface area (Å²) in [4.78, 5) is 9.61. The molecule has 5 rings (SSSR count). The monoisotopic (exact) mass is 381 g/mol. The van der Waals surface area contributed by atoms with E-state index in [0.29, 0.717) is 6.54 Å². The molecule has 5 heteroatoms. The highest BCUT2D eigenvalue weighted by Crippen LogP contribution is 2.22. The van der Waals surface area contributed by atoms with Crippen molar-refractivity contribution in [2.75, 3.05) is 5.32 Å². The first-order valence-corrected chi connectivity index (χ1v) is 9.84. The Morgan fingerprint density at radius 3 is 2.17 bits per heavy atom. The Labute approximate surface area is 169 Å². The molecule has 0 aliphatic heterocycles. The molecule has 0 spiro atoms. The van der Waals surface area contributed by atoms with Crippen molar-refractivity contribution in [3.05, 3.63) is 89.7 Å². The third-order valence-corrected chi connectivity index (χ3v) is 5.40. The van der Waals surface area contributed by atoms with Crippen LogP contribution in [0.2, 0.25) is 0 Å². The maximum atomic E-state index is 4.84. The Bertz CT molecular complexity index is 1290. The van der Waals surface area contributed by atoms with E-state index in [1.54, 1.807) is 0 Å². The molecule has 0 aliphatic rings. The van der Waals surface area contributed by atoms with Crippen molar-refractivity contribution in [3.8, 4) is 0 Å². The van der Waals surface area contributed by atoms with Gasteiger partial charge in [-0.15, -0.1) is 0 Å². The number of aryl methyl sites for hydroxylation is 2. The molecule has 0 fully saturated rings. The number of benzene rings is 3. The van der Waals surface area contributed by atoms with Crippen molar-refractivity contribution < 1.29 is 0 Å². The summed E-state index contributed by atoms with van der Waals surface area (Å²) >= 11 is 0. The average Bonchev–Trinajstić information content (AvgIpc) is 3.26. The van der Waals surface area contributed by atoms with Crippen LogP contribution in [0.4, 0.5) is 5.95 Å². The third kappa shape index (κ3) is 3.25. The summed E-state index contributed by atoms with van der Waals surface area (Å²) in [6.45, 7) is 3.49. The van der Waals surface area contributed by atoms with Crippen LogP contribution < -0.4 is 5.32 Å². The van der Waals surface area contributed by atoms with E-state index in [0.717, 1.165) is 40.4 Å². The molecule has 0 unspecified atom stereocenters. The molecule has 5 nitrogen and oxygen atoms in total. The number of fused-ring (bicyclic) bond motifs is 2. The number of nitrogens with zero attached hydrogens (tertiary/aromatic N) is 4. The Morgan fingerprint density at radius 1 is 0.793 bits per heavy atom. The zero-order valence-electron chi connectivity index (χ0n) is 16.6. The van der Waals surface area contributed by atoms with Crippen LogP contribution in [0.5, 0.6) is 0 Å². The number of imidazole rings is 2. The van der Waals surface area contributed by atoms with E-state index < -0.39 is 0 Å². The SMILES string of the molecule is Cc1ccc(Cn2c(NCc3nc4ccccc4n3C)nc3ccccc32)cc1. The van der Waals surface area contributed by atoms with Crippen LogP contribution in [0.3, 0.4) is 0 Å². The van der Waals surface area contributed by atoms with E-state index in [2.05, 4.69) is 77.0 Å². The van der Waals surface area contributed by atoms with Crippen LogP contribution in [0, 0.1) is 6.92 Å². The molecule has 2 aromatic heterocycles. The number of rotatable bonds is 5. The van der Waals surface area contributed by atoms with E-state index in [4.69, 9.17) is 9.97 Å². The second kappa shape index (κ2) is 7.09. The normalized spacial score (nSPS) is 11.4. The van der Waals surface area contributed by atoms with Crippen LogP contribution in [0.25, 0.3) is 22.1 Å². The van der Waals surface area contributed by atoms with Gasteiger partial charge in [0.25, 0.3) is 0 Å². The number of aromatic nitrogens is 4. The molecule has 0 radical (unpaired) electrons. The van der Waals surface area contributed by atoms with Gasteiger partial charge in [-0.25, -0.2) is 9.97 Å². The molecule has 29 heavy (non-hydrogen) atoms. The summed E-state index contributed by atoms with van der Waals surface area (Å²) in [7, 11) is 2.06. The van der Waals surface area contributed by atoms with E-state index in [-0.39, 0.29) is 0 Å². The van der Waals surface area contributed by atoms with Crippen LogP contribution in [0.1, 0.15) is 17.0 Å². The van der Waals surface area contributed by atoms with Crippen molar-refractivity contribution >= 4 is 28.0 Å². The molecule has 144 valence electrons. The molecule has 0 amide bonds. The highest BCUT2D eigenvalue weighted by Gasteiger charge is 2.13. The number of nitrogens with one attached hydrogen (secondary N) is 1. The zero-order valence-corrected chi connectivity index (χ0v) is 16.6. The fourth-order valence-electron chi connectivity index (χ4n) is 3.76. The summed E-state index contributed by atoms with van der Waals surface area (Å²) in [6.07, 6.45) is 0. The van der Waals surface area contributed by atoms with Gasteiger partial charge in [-0.05, 0) is 36.8 Å². The lowest BCUT2D eigenvalue weighted by atomic mass is 10.1. The van der Waals surface area contributed by atoms with Crippen molar-refractivity contribution in [2.45, 2.75) is 20.0 Å². The number of hydrogen-bond acceptors (Lipinski definition) is 3. The molecule has 5 aromatic rings. The number of hydrogen-bond donors (Lipinski definition) is 1. The predicted molar refractivity (Wildman–Crippen MR) is 118 cm³/mol. The molecule has 0 bridgehead atoms. The lowest BCUT2D eigenvalue weighted by molar-refractivity contribution is 0.794. The second-order valence-electron chi connectivity index (χ2n) is 7.43. The van der Waals surface area contributed by atoms with E-state index in [1.807, 2.05) is 24.3 Å². The fraction of sp³-hybridized carbons (Fsp3) is 0.167. The minimum absolute atomic E-state index is 0.613. The van der Waals surface area contributed by atoms with Crippen LogP contribution in [0.15, 0.2) is 72.8 Å². The molecule has 2 heterocycles. The summed E-state index contributed by atoms with van der Waals surface area (Å²) in [5, 5.41) is 3.52. The van der Waals surface area contributed by atoms with E-state index >= 15 is 0 Å². The molecule has 1 N–H and O–H groups in total. The largest absolute Gasteiger partial charge is 0.348 e. The van der Waals surface area contributed by atoms with Gasteiger partial charge in [0.15, 0.2) is 0 Å². The van der Waals surface area contributed by atoms with Gasteiger partial charge in [-0.3, -0.25) is 0 Å². The predicted octanol–water partition coefficient (Wildman–Crippen LogP) is 4.89. The first-order valence-electron chi connectivity index (χ1n) is 9.84. The Morgan fingerprint density at radius 2 is 1.45 bits per heavy atom. The summed E-state index contributed by atoms with van der Waals surface area (Å²) < 4.78 is 4.37. The van der Waals surface area contributed by atoms with Gasteiger partial charge in [0.1, 0.15) is 5.82 Å². The lowest BCUT2D eigenvalue weighted by Crippen LogP contribution is -2.11. The van der Waals surface area contributed by atoms with Gasteiger partial charge >= 0.3 is 0 Å². The van der Waals surface area contributed by atoms with Crippen molar-refractivity contribution in [3.63, 3.8) is 0 Å². The first kappa shape index (κ1) is 17.5. The maximum absolute atomic E-state index is 4.84. The standard InChI is InChI=1S/C24H23N5/c1-17-11-13-18(14-12-17)16-29-22-10-6-4-8-20(22)27-24(29)25-15-23-26-19-7-3-5-9-21(19)28(23)2/h3-14H,15-16H2,1-2H3,(H,25,27). The van der Waals surface area contributed by atoms with Gasteiger partial charge in [0.05, 0.1) is 35.2 Å². The van der Waals surface area contributed by atoms with E-state index in [9.17, 15) is 0 Å². The smallest absolute Gasteiger partial charge is 0.204 e. The summed E-state index contributed by atoms with van der Waals surface area (Å²) in [5.41, 5.74) is 6.79. The van der Waals surface area contributed by atoms with Crippen LogP contribution >= 0.6 is 0 Å². The molecule has 0 saturated heterocycles. The fourth-order valence-corrected chi connectivity index (χ4v) is 3.76. The van der Waals surface area contributed by atoms with Crippen molar-refractivity contribution in [1.82, 2.24) is 19.1 Å². The van der Waals surface area contributed by atoms with Gasteiger partial charge < -0.3 is 14.5 Å². The van der Waals surface area contributed by atoms with Crippen LogP contribution in [-0.4, -0.2) is 19.1 Å². The molecule has 3 aromatic carbocycles. The average molecular weight is 381 g/mol. The third-order valence-electron chi connectivity index (χ3n) is 5.40. The highest BCUT2D eigenvalue weighted by molar-refractivity contribution is 5.79. The first-order chi connectivity index (χ1) is 14.2. The summed E-state index contributed by atoms with van der Waals surface area (Å²) in [5.74, 6) is 1.85. The van der Waals surface area contributed by atoms with E-state index in [1.165, 1.54) is 11.1 Å². The minimum atomic E-state index is 0.613. The molecular formula is C24H23N5. The van der Waals surface area contributed by atoms with Gasteiger partial charge in [-0.1, -0.05) is 54.1 Å². The molecule has 0 aliphatic carbocycles. The van der Waals surface area contributed by atoms with Crippen molar-refractivity contribution in [1.29, 1.82) is 0 Å².